The van der Waals surface area contributed by atoms with E-state index in [9.17, 15) is 32.8 Å². The minimum atomic E-state index is -4.33. The fraction of sp³-hybridized carbons (Fsp3) is 0.556. The van der Waals surface area contributed by atoms with Crippen LogP contribution in [0.3, 0.4) is 0 Å². The Kier molecular flexibility index (Phi) is 10.9. The van der Waals surface area contributed by atoms with Gasteiger partial charge in [0.2, 0.25) is 0 Å². The molecule has 2 aliphatic heterocycles. The number of aromatic nitrogens is 2. The van der Waals surface area contributed by atoms with Crippen molar-refractivity contribution in [2.75, 3.05) is 25.1 Å². The fourth-order valence-electron chi connectivity index (χ4n) is 4.79. The van der Waals surface area contributed by atoms with Crippen molar-refractivity contribution in [3.05, 3.63) is 58.1 Å². The lowest BCUT2D eigenvalue weighted by Crippen LogP contribution is -2.48. The van der Waals surface area contributed by atoms with Crippen LogP contribution in [-0.2, 0) is 37.1 Å². The van der Waals surface area contributed by atoms with Crippen molar-refractivity contribution in [1.29, 1.82) is 0 Å². The molecule has 1 amide bonds. The Labute approximate surface area is 251 Å². The lowest BCUT2D eigenvalue weighted by molar-refractivity contribution is -0.161. The molecule has 0 radical (unpaired) electrons. The molecule has 2 aliphatic rings. The molecule has 0 spiro atoms. The number of carbonyl (C=O) groups excluding carboxylic acids is 2. The van der Waals surface area contributed by atoms with E-state index in [1.165, 1.54) is 19.2 Å². The number of unbranched alkanes of at least 4 members (excludes halogenated alkanes) is 2. The molecule has 0 bridgehead atoms. The summed E-state index contributed by atoms with van der Waals surface area (Å²) in [5, 5.41) is 13.7. The van der Waals surface area contributed by atoms with Crippen LogP contribution in [0.25, 0.3) is 0 Å². The molecule has 14 nitrogen and oxygen atoms in total. The number of ether oxygens (including phenoxy) is 3. The summed E-state index contributed by atoms with van der Waals surface area (Å²) in [6.45, 7) is 3.80. The largest absolute Gasteiger partial charge is 0.475 e. The molecule has 6 atom stereocenters. The maximum atomic E-state index is 13.7. The first kappa shape index (κ1) is 33.6. The topological polar surface area (TPSA) is 174 Å². The van der Waals surface area contributed by atoms with E-state index in [1.54, 1.807) is 0 Å². The second-order valence-electron chi connectivity index (χ2n) is 10.4. The van der Waals surface area contributed by atoms with Gasteiger partial charge >= 0.3 is 25.6 Å². The Balaban J connectivity index is 1.47. The normalized spacial score (nSPS) is 28.4. The number of phosphoric acid groups is 1. The Morgan fingerprint density at radius 2 is 1.98 bits per heavy atom. The number of nitrogens with one attached hydrogen (secondary N) is 1. The van der Waals surface area contributed by atoms with Crippen LogP contribution in [-0.4, -0.2) is 64.3 Å². The molecule has 1 aromatic carbocycles. The van der Waals surface area contributed by atoms with Gasteiger partial charge in [-0.2, -0.15) is 4.98 Å². The molecule has 0 saturated carbocycles. The summed E-state index contributed by atoms with van der Waals surface area (Å²) in [6, 6.07) is 4.02. The predicted octanol–water partition coefficient (Wildman–Crippen LogP) is 4.14. The van der Waals surface area contributed by atoms with E-state index < -0.39 is 74.0 Å². The van der Waals surface area contributed by atoms with Gasteiger partial charge in [-0.15, -0.1) is 0 Å². The number of aliphatic hydroxyl groups is 1. The number of nitrogens with zero attached hydrogens (tertiary/aromatic N) is 2. The van der Waals surface area contributed by atoms with Gasteiger partial charge in [0.15, 0.2) is 12.3 Å². The first-order valence-corrected chi connectivity index (χ1v) is 15.4. The lowest BCUT2D eigenvalue weighted by atomic mass is 9.96. The minimum Gasteiger partial charge on any atom is -0.456 e. The highest BCUT2D eigenvalue weighted by Crippen LogP contribution is 2.57. The molecule has 0 aliphatic carbocycles. The summed E-state index contributed by atoms with van der Waals surface area (Å²) in [5.41, 5.74) is -2.89. The van der Waals surface area contributed by atoms with Gasteiger partial charge < -0.3 is 19.3 Å². The Morgan fingerprint density at radius 3 is 2.64 bits per heavy atom. The Morgan fingerprint density at radius 1 is 1.25 bits per heavy atom. The van der Waals surface area contributed by atoms with Crippen LogP contribution in [0.15, 0.2) is 35.3 Å². The van der Waals surface area contributed by atoms with Gasteiger partial charge in [-0.25, -0.2) is 22.9 Å². The molecular weight excluding hydrogens is 611 g/mol. The van der Waals surface area contributed by atoms with Gasteiger partial charge in [-0.05, 0) is 37.1 Å². The molecule has 3 heterocycles. The molecule has 2 fully saturated rings. The number of halogens is 2. The third-order valence-electron chi connectivity index (χ3n) is 6.84. The first-order chi connectivity index (χ1) is 20.8. The molecule has 2 saturated heterocycles. The second kappa shape index (κ2) is 14.2. The third kappa shape index (κ3) is 8.25. The molecule has 242 valence electrons. The van der Waals surface area contributed by atoms with Crippen molar-refractivity contribution in [2.45, 2.75) is 76.6 Å². The third-order valence-corrected chi connectivity index (χ3v) is 8.32. The number of carbonyl (C=O) groups is 2. The first-order valence-electron chi connectivity index (χ1n) is 13.9. The highest BCUT2D eigenvalue weighted by molar-refractivity contribution is 7.48. The zero-order chi connectivity index (χ0) is 32.1. The number of benzene rings is 1. The van der Waals surface area contributed by atoms with Crippen LogP contribution >= 0.6 is 7.82 Å². The molecule has 4 rings (SSSR count). The lowest BCUT2D eigenvalue weighted by Gasteiger charge is -2.31. The van der Waals surface area contributed by atoms with Crippen molar-refractivity contribution in [2.24, 2.45) is 0 Å². The quantitative estimate of drug-likeness (QED) is 0.203. The van der Waals surface area contributed by atoms with Crippen molar-refractivity contribution in [3.8, 4) is 0 Å². The number of hydrogen-bond acceptors (Lipinski definition) is 12. The van der Waals surface area contributed by atoms with Gasteiger partial charge in [-0.3, -0.25) is 28.2 Å². The molecule has 2 aromatic rings. The zero-order valence-electron chi connectivity index (χ0n) is 24.3. The Hall–Kier alpha value is -3.27. The minimum absolute atomic E-state index is 0.0853. The van der Waals surface area contributed by atoms with Crippen LogP contribution in [0, 0.1) is 11.6 Å². The van der Waals surface area contributed by atoms with Crippen LogP contribution in [0.5, 0.6) is 0 Å². The van der Waals surface area contributed by atoms with Gasteiger partial charge in [0.25, 0.3) is 0 Å². The standard InChI is InChI=1S/C27H34F2N3O11P/c1-4-5-6-10-38-26(35)31-22-7-9-32(25(34)30-22)24-27(3,36)23(41-16(2)33)21(42-24)15-40-44(37)39-11-8-20(43-44)17-12-18(28)14-19(29)13-17/h7,9,12-14,20-21,23-24,36H,4-6,8,10-11,15H2,1-3H3,(H,30,31,34,35)/t20?,21-,23-,24-,27-,44?/m1/s1. The zero-order valence-corrected chi connectivity index (χ0v) is 25.2. The molecule has 2 unspecified atom stereocenters. The molecule has 2 N–H and O–H groups in total. The monoisotopic (exact) mass is 645 g/mol. The van der Waals surface area contributed by atoms with Gasteiger partial charge in [0, 0.05) is 25.6 Å². The van der Waals surface area contributed by atoms with E-state index in [4.69, 9.17) is 27.8 Å². The van der Waals surface area contributed by atoms with E-state index in [0.717, 1.165) is 36.5 Å². The smallest absolute Gasteiger partial charge is 0.456 e. The van der Waals surface area contributed by atoms with Crippen molar-refractivity contribution < 1.29 is 55.8 Å². The summed E-state index contributed by atoms with van der Waals surface area (Å²) < 4.78 is 73.9. The number of anilines is 1. The summed E-state index contributed by atoms with van der Waals surface area (Å²) in [7, 11) is -4.33. The van der Waals surface area contributed by atoms with Gasteiger partial charge in [0.1, 0.15) is 29.2 Å². The summed E-state index contributed by atoms with van der Waals surface area (Å²) >= 11 is 0. The molecular formula is C27H34F2N3O11P. The number of rotatable bonds is 11. The predicted molar refractivity (Wildman–Crippen MR) is 147 cm³/mol. The SMILES string of the molecule is CCCCCOC(=O)Nc1ccn([C@@H]2O[C@H](COP3(=O)OCCC(c4cc(F)cc(F)c4)O3)[C@@H](OC(C)=O)[C@@]2(C)O)c(=O)n1. The van der Waals surface area contributed by atoms with E-state index >= 15 is 0 Å². The summed E-state index contributed by atoms with van der Waals surface area (Å²) in [5.74, 6) is -2.60. The highest BCUT2D eigenvalue weighted by atomic mass is 31.2. The van der Waals surface area contributed by atoms with Crippen LogP contribution in [0.4, 0.5) is 19.4 Å². The van der Waals surface area contributed by atoms with Crippen LogP contribution in [0.2, 0.25) is 0 Å². The van der Waals surface area contributed by atoms with Crippen molar-refractivity contribution in [3.63, 3.8) is 0 Å². The van der Waals surface area contributed by atoms with E-state index in [1.807, 2.05) is 6.92 Å². The maximum Gasteiger partial charge on any atom is 0.475 e. The van der Waals surface area contributed by atoms with Crippen molar-refractivity contribution in [1.82, 2.24) is 9.55 Å². The fourth-order valence-corrected chi connectivity index (χ4v) is 6.18. The molecule has 17 heteroatoms. The van der Waals surface area contributed by atoms with Gasteiger partial charge in [-0.1, -0.05) is 19.8 Å². The molecule has 44 heavy (non-hydrogen) atoms. The summed E-state index contributed by atoms with van der Waals surface area (Å²) in [4.78, 5) is 40.6. The van der Waals surface area contributed by atoms with E-state index in [-0.39, 0.29) is 31.0 Å². The number of phosphoric ester groups is 1. The highest BCUT2D eigenvalue weighted by Gasteiger charge is 2.57. The van der Waals surface area contributed by atoms with Crippen molar-refractivity contribution >= 4 is 25.7 Å². The van der Waals surface area contributed by atoms with E-state index in [0.29, 0.717) is 12.5 Å². The summed E-state index contributed by atoms with van der Waals surface area (Å²) in [6.07, 6.45) is -2.18. The number of hydrogen-bond donors (Lipinski definition) is 2. The average molecular weight is 646 g/mol. The average Bonchev–Trinajstić information content (AvgIpc) is 3.18. The second-order valence-corrected chi connectivity index (χ2v) is 12.0. The Bertz CT molecular complexity index is 1440. The maximum absolute atomic E-state index is 13.7. The number of amides is 1. The van der Waals surface area contributed by atoms with Crippen LogP contribution in [0.1, 0.15) is 64.3 Å². The van der Waals surface area contributed by atoms with E-state index in [2.05, 4.69) is 10.3 Å². The van der Waals surface area contributed by atoms with Crippen LogP contribution < -0.4 is 11.0 Å². The number of esters is 1. The van der Waals surface area contributed by atoms with Gasteiger partial charge in [0.05, 0.1) is 25.9 Å². The molecule has 1 aromatic heterocycles.